The lowest BCUT2D eigenvalue weighted by atomic mass is 10.2. The fraction of sp³-hybridized carbons (Fsp3) is 0.647. The van der Waals surface area contributed by atoms with E-state index in [1.54, 1.807) is 13.8 Å². The molecule has 2 unspecified atom stereocenters. The number of esters is 3. The van der Waals surface area contributed by atoms with Gasteiger partial charge in [-0.1, -0.05) is 6.58 Å². The molecule has 9 nitrogen and oxygen atoms in total. The predicted molar refractivity (Wildman–Crippen MR) is 90.8 cm³/mol. The molecule has 0 radical (unpaired) electrons. The van der Waals surface area contributed by atoms with Crippen molar-refractivity contribution in [3.05, 3.63) is 12.2 Å². The smallest absolute Gasteiger partial charge is 0.333 e. The highest BCUT2D eigenvalue weighted by Gasteiger charge is 2.20. The molecule has 1 amide bonds. The highest BCUT2D eigenvalue weighted by atomic mass is 16.7. The topological polar surface area (TPSA) is 117 Å². The number of nitrogens with one attached hydrogen (secondary N) is 1. The van der Waals surface area contributed by atoms with E-state index in [1.165, 1.54) is 13.8 Å². The summed E-state index contributed by atoms with van der Waals surface area (Å²) >= 11 is 0. The third kappa shape index (κ3) is 11.2. The standard InChI is InChI=1S/C17H27NO8/c1-6-23-13(5)26-17(22)12(4)18-14(19)7-8-15(20)24-9-10-25-16(21)11(2)3/h12-13H,2,6-10H2,1,3-5H3,(H,18,19). The molecular weight excluding hydrogens is 346 g/mol. The average Bonchev–Trinajstić information content (AvgIpc) is 2.56. The van der Waals surface area contributed by atoms with Gasteiger partial charge in [-0.15, -0.1) is 0 Å². The van der Waals surface area contributed by atoms with Gasteiger partial charge in [0, 0.05) is 18.6 Å². The van der Waals surface area contributed by atoms with E-state index in [1.807, 2.05) is 0 Å². The molecule has 0 rings (SSSR count). The van der Waals surface area contributed by atoms with Crippen LogP contribution in [0, 0.1) is 0 Å². The molecule has 0 aliphatic heterocycles. The maximum atomic E-state index is 11.7. The van der Waals surface area contributed by atoms with Crippen LogP contribution in [0.4, 0.5) is 0 Å². The van der Waals surface area contributed by atoms with Crippen molar-refractivity contribution < 1.29 is 38.1 Å². The minimum absolute atomic E-state index is 0.0927. The van der Waals surface area contributed by atoms with Crippen molar-refractivity contribution in [1.82, 2.24) is 5.32 Å². The Kier molecular flexibility index (Phi) is 11.7. The summed E-state index contributed by atoms with van der Waals surface area (Å²) in [7, 11) is 0. The van der Waals surface area contributed by atoms with Crippen molar-refractivity contribution in [2.45, 2.75) is 52.9 Å². The first-order valence-electron chi connectivity index (χ1n) is 8.27. The average molecular weight is 373 g/mol. The van der Waals surface area contributed by atoms with Crippen LogP contribution in [0.2, 0.25) is 0 Å². The van der Waals surface area contributed by atoms with Crippen molar-refractivity contribution in [3.63, 3.8) is 0 Å². The zero-order chi connectivity index (χ0) is 20.1. The van der Waals surface area contributed by atoms with Crippen molar-refractivity contribution in [2.24, 2.45) is 0 Å². The minimum Gasteiger partial charge on any atom is -0.462 e. The summed E-state index contributed by atoms with van der Waals surface area (Å²) in [6.45, 7) is 9.90. The fourth-order valence-electron chi connectivity index (χ4n) is 1.61. The van der Waals surface area contributed by atoms with Crippen LogP contribution in [0.25, 0.3) is 0 Å². The highest BCUT2D eigenvalue weighted by Crippen LogP contribution is 2.00. The lowest BCUT2D eigenvalue weighted by molar-refractivity contribution is -0.176. The van der Waals surface area contributed by atoms with E-state index >= 15 is 0 Å². The van der Waals surface area contributed by atoms with Gasteiger partial charge in [-0.3, -0.25) is 9.59 Å². The molecule has 0 saturated heterocycles. The van der Waals surface area contributed by atoms with E-state index in [0.29, 0.717) is 6.61 Å². The number of hydrogen-bond donors (Lipinski definition) is 1. The first-order chi connectivity index (χ1) is 12.2. The quantitative estimate of drug-likeness (QED) is 0.176. The van der Waals surface area contributed by atoms with Gasteiger partial charge in [-0.25, -0.2) is 9.59 Å². The number of hydrogen-bond acceptors (Lipinski definition) is 8. The van der Waals surface area contributed by atoms with Crippen molar-refractivity contribution in [3.8, 4) is 0 Å². The third-order valence-electron chi connectivity index (χ3n) is 2.90. The number of carbonyl (C=O) groups excluding carboxylic acids is 4. The summed E-state index contributed by atoms with van der Waals surface area (Å²) in [5, 5.41) is 2.42. The van der Waals surface area contributed by atoms with Crippen molar-refractivity contribution in [2.75, 3.05) is 19.8 Å². The Morgan fingerprint density at radius 3 is 2.23 bits per heavy atom. The molecule has 0 saturated carbocycles. The van der Waals surface area contributed by atoms with Crippen LogP contribution in [0.15, 0.2) is 12.2 Å². The summed E-state index contributed by atoms with van der Waals surface area (Å²) in [4.78, 5) is 46.1. The molecular formula is C17H27NO8. The number of ether oxygens (including phenoxy) is 4. The van der Waals surface area contributed by atoms with Gasteiger partial charge in [-0.2, -0.15) is 0 Å². The Labute approximate surface area is 153 Å². The van der Waals surface area contributed by atoms with Gasteiger partial charge in [0.2, 0.25) is 5.91 Å². The van der Waals surface area contributed by atoms with Crippen LogP contribution in [0.5, 0.6) is 0 Å². The Morgan fingerprint density at radius 1 is 1.04 bits per heavy atom. The molecule has 0 bridgehead atoms. The SMILES string of the molecule is C=C(C)C(=O)OCCOC(=O)CCC(=O)NC(C)C(=O)OC(C)OCC. The van der Waals surface area contributed by atoms with Crippen molar-refractivity contribution in [1.29, 1.82) is 0 Å². The molecule has 148 valence electrons. The van der Waals surface area contributed by atoms with E-state index < -0.39 is 36.1 Å². The Hall–Kier alpha value is -2.42. The number of carbonyl (C=O) groups is 4. The molecule has 0 aliphatic carbocycles. The van der Waals surface area contributed by atoms with Crippen LogP contribution in [0.3, 0.4) is 0 Å². The van der Waals surface area contributed by atoms with Gasteiger partial charge in [-0.05, 0) is 27.7 Å². The molecule has 0 spiro atoms. The second-order valence-corrected chi connectivity index (χ2v) is 5.39. The molecule has 2 atom stereocenters. The monoisotopic (exact) mass is 373 g/mol. The van der Waals surface area contributed by atoms with Crippen molar-refractivity contribution >= 4 is 23.8 Å². The second kappa shape index (κ2) is 12.9. The van der Waals surface area contributed by atoms with E-state index in [2.05, 4.69) is 11.9 Å². The molecule has 0 aromatic carbocycles. The first-order valence-corrected chi connectivity index (χ1v) is 8.27. The molecule has 0 aromatic rings. The fourth-order valence-corrected chi connectivity index (χ4v) is 1.61. The summed E-state index contributed by atoms with van der Waals surface area (Å²) in [6, 6.07) is -0.872. The summed E-state index contributed by atoms with van der Waals surface area (Å²) < 4.78 is 19.6. The van der Waals surface area contributed by atoms with E-state index in [4.69, 9.17) is 18.9 Å². The predicted octanol–water partition coefficient (Wildman–Crippen LogP) is 0.860. The number of rotatable bonds is 12. The molecule has 0 aromatic heterocycles. The third-order valence-corrected chi connectivity index (χ3v) is 2.90. The Morgan fingerprint density at radius 2 is 1.65 bits per heavy atom. The van der Waals surface area contributed by atoms with Gasteiger partial charge in [0.25, 0.3) is 0 Å². The van der Waals surface area contributed by atoms with Crippen LogP contribution in [0.1, 0.15) is 40.5 Å². The zero-order valence-corrected chi connectivity index (χ0v) is 15.7. The maximum Gasteiger partial charge on any atom is 0.333 e. The first kappa shape index (κ1) is 23.6. The summed E-state index contributed by atoms with van der Waals surface area (Å²) in [5.74, 6) is -2.32. The zero-order valence-electron chi connectivity index (χ0n) is 15.7. The van der Waals surface area contributed by atoms with Gasteiger partial charge >= 0.3 is 17.9 Å². The second-order valence-electron chi connectivity index (χ2n) is 5.39. The molecule has 9 heteroatoms. The minimum atomic E-state index is -0.872. The normalized spacial score (nSPS) is 12.5. The van der Waals surface area contributed by atoms with Gasteiger partial charge in [0.1, 0.15) is 19.3 Å². The summed E-state index contributed by atoms with van der Waals surface area (Å²) in [5.41, 5.74) is 0.247. The van der Waals surface area contributed by atoms with E-state index in [0.717, 1.165) is 0 Å². The Balaban J connectivity index is 3.95. The van der Waals surface area contributed by atoms with E-state index in [-0.39, 0.29) is 31.6 Å². The lowest BCUT2D eigenvalue weighted by Crippen LogP contribution is -2.41. The molecule has 0 heterocycles. The highest BCUT2D eigenvalue weighted by molar-refractivity contribution is 5.87. The molecule has 1 N–H and O–H groups in total. The lowest BCUT2D eigenvalue weighted by Gasteiger charge is -2.17. The molecule has 0 fully saturated rings. The van der Waals surface area contributed by atoms with Crippen LogP contribution < -0.4 is 5.32 Å². The van der Waals surface area contributed by atoms with Crippen LogP contribution in [-0.2, 0) is 38.1 Å². The van der Waals surface area contributed by atoms with E-state index in [9.17, 15) is 19.2 Å². The number of amides is 1. The maximum absolute atomic E-state index is 11.7. The summed E-state index contributed by atoms with van der Waals surface area (Å²) in [6.07, 6.45) is -1.03. The van der Waals surface area contributed by atoms with Crippen LogP contribution >= 0.6 is 0 Å². The molecule has 0 aliphatic rings. The largest absolute Gasteiger partial charge is 0.462 e. The van der Waals surface area contributed by atoms with Crippen LogP contribution in [-0.4, -0.2) is 56.0 Å². The Bertz CT molecular complexity index is 517. The van der Waals surface area contributed by atoms with Gasteiger partial charge < -0.3 is 24.3 Å². The van der Waals surface area contributed by atoms with Gasteiger partial charge in [0.15, 0.2) is 6.29 Å². The van der Waals surface area contributed by atoms with Gasteiger partial charge in [0.05, 0.1) is 6.42 Å². The molecule has 26 heavy (non-hydrogen) atoms.